The Labute approximate surface area is 186 Å². The fraction of sp³-hybridized carbons (Fsp3) is 0.320. The van der Waals surface area contributed by atoms with E-state index in [1.165, 1.54) is 14.7 Å². The van der Waals surface area contributed by atoms with Crippen molar-refractivity contribution in [2.24, 2.45) is 13.0 Å². The molecule has 2 aromatic carbocycles. The Balaban J connectivity index is 1.72. The average molecular weight is 430 g/mol. The molecule has 0 saturated carbocycles. The number of benzene rings is 2. The quantitative estimate of drug-likeness (QED) is 0.501. The zero-order chi connectivity index (χ0) is 22.6. The fourth-order valence-corrected chi connectivity index (χ4v) is 4.58. The summed E-state index contributed by atoms with van der Waals surface area (Å²) < 4.78 is 4.80. The van der Waals surface area contributed by atoms with Gasteiger partial charge in [-0.3, -0.25) is 13.9 Å². The van der Waals surface area contributed by atoms with Gasteiger partial charge in [0.05, 0.1) is 6.54 Å². The van der Waals surface area contributed by atoms with Crippen LogP contribution in [0.15, 0.2) is 58.1 Å². The lowest BCUT2D eigenvalue weighted by molar-refractivity contribution is 0.458. The molecule has 0 aliphatic carbocycles. The second kappa shape index (κ2) is 7.51. The molecule has 2 aromatic heterocycles. The lowest BCUT2D eigenvalue weighted by Gasteiger charge is -2.33. The van der Waals surface area contributed by atoms with Gasteiger partial charge in [-0.25, -0.2) is 4.79 Å². The Morgan fingerprint density at radius 2 is 1.75 bits per heavy atom. The molecular weight excluding hydrogens is 402 g/mol. The first-order valence-corrected chi connectivity index (χ1v) is 10.9. The van der Waals surface area contributed by atoms with E-state index in [4.69, 9.17) is 4.98 Å². The molecule has 0 fully saturated rings. The molecule has 32 heavy (non-hydrogen) atoms. The highest BCUT2D eigenvalue weighted by atomic mass is 16.2. The SMILES string of the molecule is Cc1ccc(N2C[C@H](C)Cn3c2nc2c3c(=O)n(Cc3cccc(C)c3)c(=O)n2C)cc1. The van der Waals surface area contributed by atoms with E-state index in [2.05, 4.69) is 43.0 Å². The van der Waals surface area contributed by atoms with Crippen molar-refractivity contribution < 1.29 is 0 Å². The summed E-state index contributed by atoms with van der Waals surface area (Å²) in [6, 6.07) is 16.2. The third-order valence-electron chi connectivity index (χ3n) is 6.21. The van der Waals surface area contributed by atoms with Gasteiger partial charge in [0.25, 0.3) is 5.56 Å². The third kappa shape index (κ3) is 3.25. The lowest BCUT2D eigenvalue weighted by atomic mass is 10.1. The summed E-state index contributed by atoms with van der Waals surface area (Å²) in [5, 5.41) is 0. The molecule has 0 unspecified atom stereocenters. The maximum absolute atomic E-state index is 13.6. The standard InChI is InChI=1S/C25H27N5O2/c1-16-8-10-20(11-9-16)28-13-18(3)14-29-21-22(26-24(28)29)27(4)25(32)30(23(21)31)15-19-7-5-6-17(2)12-19/h5-12,18H,13-15H2,1-4H3/t18-/m0/s1. The van der Waals surface area contributed by atoms with Crippen LogP contribution >= 0.6 is 0 Å². The Kier molecular flexibility index (Phi) is 4.77. The Hall–Kier alpha value is -3.61. The molecule has 7 heteroatoms. The predicted octanol–water partition coefficient (Wildman–Crippen LogP) is 3.35. The number of fused-ring (bicyclic) bond motifs is 3. The summed E-state index contributed by atoms with van der Waals surface area (Å²) in [6.45, 7) is 7.96. The Bertz CT molecular complexity index is 1440. The summed E-state index contributed by atoms with van der Waals surface area (Å²) in [6.07, 6.45) is 0. The maximum Gasteiger partial charge on any atom is 0.332 e. The monoisotopic (exact) mass is 429 g/mol. The number of anilines is 2. The van der Waals surface area contributed by atoms with Gasteiger partial charge in [-0.2, -0.15) is 4.98 Å². The van der Waals surface area contributed by atoms with E-state index in [0.29, 0.717) is 29.6 Å². The predicted molar refractivity (Wildman–Crippen MR) is 127 cm³/mol. The van der Waals surface area contributed by atoms with Gasteiger partial charge in [-0.1, -0.05) is 54.4 Å². The van der Waals surface area contributed by atoms with Gasteiger partial charge in [-0.05, 0) is 37.5 Å². The smallest absolute Gasteiger partial charge is 0.312 e. The van der Waals surface area contributed by atoms with Crippen molar-refractivity contribution in [2.45, 2.75) is 33.9 Å². The molecule has 164 valence electrons. The number of hydrogen-bond donors (Lipinski definition) is 0. The van der Waals surface area contributed by atoms with Crippen LogP contribution < -0.4 is 16.1 Å². The molecule has 1 atom stereocenters. The van der Waals surface area contributed by atoms with Gasteiger partial charge in [0.15, 0.2) is 11.2 Å². The summed E-state index contributed by atoms with van der Waals surface area (Å²) in [5.74, 6) is 1.03. The molecule has 4 aromatic rings. The molecule has 3 heterocycles. The topological polar surface area (TPSA) is 65.1 Å². The normalized spacial score (nSPS) is 15.9. The van der Waals surface area contributed by atoms with E-state index in [1.807, 2.05) is 35.8 Å². The number of aryl methyl sites for hydroxylation is 3. The minimum atomic E-state index is -0.352. The van der Waals surface area contributed by atoms with Gasteiger partial charge in [0.1, 0.15) is 0 Å². The Morgan fingerprint density at radius 1 is 1.00 bits per heavy atom. The van der Waals surface area contributed by atoms with Crippen LogP contribution in [0.4, 0.5) is 11.6 Å². The highest BCUT2D eigenvalue weighted by Crippen LogP contribution is 2.32. The summed E-state index contributed by atoms with van der Waals surface area (Å²) in [7, 11) is 1.69. The number of aromatic nitrogens is 4. The minimum absolute atomic E-state index is 0.237. The van der Waals surface area contributed by atoms with E-state index >= 15 is 0 Å². The highest BCUT2D eigenvalue weighted by Gasteiger charge is 2.29. The molecule has 1 aliphatic heterocycles. The second-order valence-corrected chi connectivity index (χ2v) is 8.97. The molecule has 0 N–H and O–H groups in total. The molecule has 0 saturated heterocycles. The third-order valence-corrected chi connectivity index (χ3v) is 6.21. The van der Waals surface area contributed by atoms with E-state index in [1.54, 1.807) is 7.05 Å². The van der Waals surface area contributed by atoms with Crippen LogP contribution in [0.1, 0.15) is 23.6 Å². The van der Waals surface area contributed by atoms with Gasteiger partial charge < -0.3 is 9.47 Å². The van der Waals surface area contributed by atoms with Crippen LogP contribution in [-0.2, 0) is 20.1 Å². The summed E-state index contributed by atoms with van der Waals surface area (Å²) >= 11 is 0. The Morgan fingerprint density at radius 3 is 2.47 bits per heavy atom. The van der Waals surface area contributed by atoms with Crippen molar-refractivity contribution in [1.29, 1.82) is 0 Å². The van der Waals surface area contributed by atoms with Gasteiger partial charge in [0.2, 0.25) is 5.95 Å². The molecule has 0 amide bonds. The van der Waals surface area contributed by atoms with E-state index in [-0.39, 0.29) is 17.8 Å². The van der Waals surface area contributed by atoms with Gasteiger partial charge in [0, 0.05) is 25.8 Å². The first-order chi connectivity index (χ1) is 15.3. The minimum Gasteiger partial charge on any atom is -0.312 e. The average Bonchev–Trinajstić information content (AvgIpc) is 3.15. The van der Waals surface area contributed by atoms with Crippen LogP contribution in [0.3, 0.4) is 0 Å². The van der Waals surface area contributed by atoms with Crippen molar-refractivity contribution in [3.8, 4) is 0 Å². The van der Waals surface area contributed by atoms with Crippen LogP contribution in [0, 0.1) is 19.8 Å². The molecule has 0 spiro atoms. The van der Waals surface area contributed by atoms with Gasteiger partial charge >= 0.3 is 5.69 Å². The molecule has 1 aliphatic rings. The van der Waals surface area contributed by atoms with E-state index in [9.17, 15) is 9.59 Å². The zero-order valence-corrected chi connectivity index (χ0v) is 18.9. The lowest BCUT2D eigenvalue weighted by Crippen LogP contribution is -2.40. The molecule has 0 bridgehead atoms. The van der Waals surface area contributed by atoms with E-state index in [0.717, 1.165) is 23.4 Å². The molecule has 7 nitrogen and oxygen atoms in total. The van der Waals surface area contributed by atoms with Crippen molar-refractivity contribution in [2.75, 3.05) is 11.4 Å². The zero-order valence-electron chi connectivity index (χ0n) is 18.9. The summed E-state index contributed by atoms with van der Waals surface area (Å²) in [5.41, 5.74) is 4.52. The maximum atomic E-state index is 13.6. The van der Waals surface area contributed by atoms with E-state index < -0.39 is 0 Å². The first-order valence-electron chi connectivity index (χ1n) is 10.9. The van der Waals surface area contributed by atoms with Crippen molar-refractivity contribution in [1.82, 2.24) is 18.7 Å². The van der Waals surface area contributed by atoms with Crippen LogP contribution in [0.5, 0.6) is 0 Å². The van der Waals surface area contributed by atoms with Gasteiger partial charge in [-0.15, -0.1) is 0 Å². The molecular formula is C25H27N5O2. The fourth-order valence-electron chi connectivity index (χ4n) is 4.58. The van der Waals surface area contributed by atoms with Crippen LogP contribution in [-0.4, -0.2) is 25.2 Å². The number of imidazole rings is 1. The molecule has 0 radical (unpaired) electrons. The van der Waals surface area contributed by atoms with Crippen LogP contribution in [0.2, 0.25) is 0 Å². The number of hydrogen-bond acceptors (Lipinski definition) is 4. The molecule has 5 rings (SSSR count). The van der Waals surface area contributed by atoms with Crippen molar-refractivity contribution in [3.05, 3.63) is 86.1 Å². The number of nitrogens with zero attached hydrogens (tertiary/aromatic N) is 5. The first kappa shape index (κ1) is 20.3. The largest absolute Gasteiger partial charge is 0.332 e. The van der Waals surface area contributed by atoms with Crippen molar-refractivity contribution in [3.63, 3.8) is 0 Å². The number of rotatable bonds is 3. The highest BCUT2D eigenvalue weighted by molar-refractivity contribution is 5.77. The second-order valence-electron chi connectivity index (χ2n) is 8.97. The van der Waals surface area contributed by atoms with Crippen molar-refractivity contribution >= 4 is 22.8 Å². The summed E-state index contributed by atoms with van der Waals surface area (Å²) in [4.78, 5) is 33.6. The van der Waals surface area contributed by atoms with Crippen LogP contribution in [0.25, 0.3) is 11.2 Å².